The van der Waals surface area contributed by atoms with E-state index in [1.807, 2.05) is 6.92 Å². The smallest absolute Gasteiger partial charge is 0.246 e. The molecule has 0 saturated carbocycles. The van der Waals surface area contributed by atoms with Gasteiger partial charge in [-0.3, -0.25) is 4.99 Å². The summed E-state index contributed by atoms with van der Waals surface area (Å²) in [6.07, 6.45) is 5.16. The Bertz CT molecular complexity index is 478. The van der Waals surface area contributed by atoms with E-state index >= 15 is 0 Å². The molecule has 132 valence electrons. The third kappa shape index (κ3) is 7.03. The molecule has 1 atom stereocenters. The van der Waals surface area contributed by atoms with Crippen LogP contribution in [0.4, 0.5) is 0 Å². The van der Waals surface area contributed by atoms with Crippen LogP contribution in [0.2, 0.25) is 0 Å². The van der Waals surface area contributed by atoms with Crippen molar-refractivity contribution in [2.24, 2.45) is 4.99 Å². The molecule has 0 radical (unpaired) electrons. The second-order valence-corrected chi connectivity index (χ2v) is 5.82. The van der Waals surface area contributed by atoms with Crippen LogP contribution >= 0.6 is 24.0 Å². The molecular formula is C15H29IN6O. The largest absolute Gasteiger partial charge is 0.356 e. The van der Waals surface area contributed by atoms with E-state index < -0.39 is 0 Å². The lowest BCUT2D eigenvalue weighted by molar-refractivity contribution is 0.159. The van der Waals surface area contributed by atoms with Gasteiger partial charge in [-0.2, -0.15) is 4.98 Å². The number of aliphatic imine (C=N–C) groups is 1. The zero-order valence-electron chi connectivity index (χ0n) is 14.3. The number of hydrogen-bond acceptors (Lipinski definition) is 5. The molecule has 1 aliphatic heterocycles. The molecule has 0 spiro atoms. The second kappa shape index (κ2) is 10.8. The molecule has 1 aromatic heterocycles. The molecule has 0 aliphatic carbocycles. The highest BCUT2D eigenvalue weighted by Gasteiger charge is 2.17. The molecule has 1 saturated heterocycles. The Morgan fingerprint density at radius 3 is 2.87 bits per heavy atom. The van der Waals surface area contributed by atoms with Crippen molar-refractivity contribution in [3.63, 3.8) is 0 Å². The maximum atomic E-state index is 5.06. The number of hydrogen-bond donors (Lipinski definition) is 2. The molecule has 0 amide bonds. The quantitative estimate of drug-likeness (QED) is 0.307. The number of rotatable bonds is 6. The Morgan fingerprint density at radius 1 is 1.39 bits per heavy atom. The number of likely N-dealkylation sites (tertiary alicyclic amines) is 1. The molecule has 1 unspecified atom stereocenters. The predicted molar refractivity (Wildman–Crippen MR) is 102 cm³/mol. The van der Waals surface area contributed by atoms with E-state index in [4.69, 9.17) is 4.52 Å². The van der Waals surface area contributed by atoms with E-state index in [1.54, 1.807) is 7.05 Å². The average Bonchev–Trinajstić information content (AvgIpc) is 2.94. The van der Waals surface area contributed by atoms with Crippen molar-refractivity contribution in [2.75, 3.05) is 26.7 Å². The summed E-state index contributed by atoms with van der Waals surface area (Å²) in [5, 5.41) is 10.3. The van der Waals surface area contributed by atoms with Crippen LogP contribution in [-0.4, -0.2) is 53.7 Å². The van der Waals surface area contributed by atoms with E-state index in [0.29, 0.717) is 18.3 Å². The van der Waals surface area contributed by atoms with Gasteiger partial charge in [0.25, 0.3) is 0 Å². The van der Waals surface area contributed by atoms with Crippen molar-refractivity contribution in [1.82, 2.24) is 25.7 Å². The van der Waals surface area contributed by atoms with Gasteiger partial charge in [0.05, 0.1) is 6.54 Å². The van der Waals surface area contributed by atoms with Gasteiger partial charge < -0.3 is 20.1 Å². The summed E-state index contributed by atoms with van der Waals surface area (Å²) in [5.41, 5.74) is 0. The van der Waals surface area contributed by atoms with E-state index in [2.05, 4.69) is 37.6 Å². The molecule has 0 aromatic carbocycles. The lowest BCUT2D eigenvalue weighted by atomic mass is 10.0. The average molecular weight is 436 g/mol. The lowest BCUT2D eigenvalue weighted by Gasteiger charge is -2.33. The molecular weight excluding hydrogens is 407 g/mol. The Morgan fingerprint density at radius 2 is 2.22 bits per heavy atom. The fourth-order valence-electron chi connectivity index (χ4n) is 2.77. The highest BCUT2D eigenvalue weighted by atomic mass is 127. The van der Waals surface area contributed by atoms with Gasteiger partial charge in [0, 0.05) is 26.2 Å². The third-order valence-electron chi connectivity index (χ3n) is 4.06. The molecule has 1 fully saturated rings. The first kappa shape index (κ1) is 20.1. The molecule has 1 aliphatic rings. The Labute approximate surface area is 155 Å². The standard InChI is InChI=1S/C15H28N6O.HI/c1-12-7-4-5-9-21(12)10-6-8-17-15(16-3)18-11-14-19-13(2)20-22-14;/h12H,4-11H2,1-3H3,(H2,16,17,18);1H. The van der Waals surface area contributed by atoms with Crippen LogP contribution < -0.4 is 10.6 Å². The van der Waals surface area contributed by atoms with Gasteiger partial charge in [-0.1, -0.05) is 11.6 Å². The highest BCUT2D eigenvalue weighted by molar-refractivity contribution is 14.0. The van der Waals surface area contributed by atoms with Crippen LogP contribution in [-0.2, 0) is 6.54 Å². The van der Waals surface area contributed by atoms with Crippen LogP contribution in [0, 0.1) is 6.92 Å². The first-order valence-corrected chi connectivity index (χ1v) is 8.17. The Kier molecular flexibility index (Phi) is 9.46. The van der Waals surface area contributed by atoms with Crippen LogP contribution in [0.25, 0.3) is 0 Å². The van der Waals surface area contributed by atoms with Crippen molar-refractivity contribution < 1.29 is 4.52 Å². The van der Waals surface area contributed by atoms with Crippen LogP contribution in [0.3, 0.4) is 0 Å². The number of guanidine groups is 1. The van der Waals surface area contributed by atoms with Gasteiger partial charge in [-0.15, -0.1) is 24.0 Å². The summed E-state index contributed by atoms with van der Waals surface area (Å²) in [4.78, 5) is 10.9. The van der Waals surface area contributed by atoms with Gasteiger partial charge in [-0.25, -0.2) is 0 Å². The monoisotopic (exact) mass is 436 g/mol. The maximum absolute atomic E-state index is 5.06. The van der Waals surface area contributed by atoms with E-state index in [9.17, 15) is 0 Å². The molecule has 2 heterocycles. The first-order chi connectivity index (χ1) is 10.7. The van der Waals surface area contributed by atoms with Gasteiger partial charge >= 0.3 is 0 Å². The lowest BCUT2D eigenvalue weighted by Crippen LogP contribution is -2.41. The molecule has 0 bridgehead atoms. The number of nitrogens with one attached hydrogen (secondary N) is 2. The van der Waals surface area contributed by atoms with Crippen molar-refractivity contribution in [2.45, 2.75) is 52.1 Å². The maximum Gasteiger partial charge on any atom is 0.246 e. The van der Waals surface area contributed by atoms with Gasteiger partial charge in [0.2, 0.25) is 5.89 Å². The Hall–Kier alpha value is -0.900. The number of piperidine rings is 1. The molecule has 23 heavy (non-hydrogen) atoms. The fourth-order valence-corrected chi connectivity index (χ4v) is 2.77. The minimum Gasteiger partial charge on any atom is -0.356 e. The zero-order valence-corrected chi connectivity index (χ0v) is 16.7. The number of nitrogens with zero attached hydrogens (tertiary/aromatic N) is 4. The molecule has 2 rings (SSSR count). The first-order valence-electron chi connectivity index (χ1n) is 8.17. The van der Waals surface area contributed by atoms with Crippen molar-refractivity contribution in [3.8, 4) is 0 Å². The summed E-state index contributed by atoms with van der Waals surface area (Å²) in [6, 6.07) is 0.729. The molecule has 7 nitrogen and oxygen atoms in total. The number of aromatic nitrogens is 2. The third-order valence-corrected chi connectivity index (χ3v) is 4.06. The summed E-state index contributed by atoms with van der Waals surface area (Å²) in [7, 11) is 1.76. The molecule has 1 aromatic rings. The minimum absolute atomic E-state index is 0. The summed E-state index contributed by atoms with van der Waals surface area (Å²) in [6.45, 7) is 7.93. The van der Waals surface area contributed by atoms with Crippen molar-refractivity contribution in [3.05, 3.63) is 11.7 Å². The van der Waals surface area contributed by atoms with Crippen molar-refractivity contribution in [1.29, 1.82) is 0 Å². The topological polar surface area (TPSA) is 78.6 Å². The van der Waals surface area contributed by atoms with Crippen LogP contribution in [0.5, 0.6) is 0 Å². The van der Waals surface area contributed by atoms with E-state index in [0.717, 1.165) is 31.5 Å². The SMILES string of the molecule is CN=C(NCCCN1CCCCC1C)NCc1nc(C)no1.I. The van der Waals surface area contributed by atoms with Crippen molar-refractivity contribution >= 4 is 29.9 Å². The highest BCUT2D eigenvalue weighted by Crippen LogP contribution is 2.15. The number of aryl methyl sites for hydroxylation is 1. The normalized spacial score (nSPS) is 19.3. The van der Waals surface area contributed by atoms with Crippen LogP contribution in [0.1, 0.15) is 44.3 Å². The van der Waals surface area contributed by atoms with Gasteiger partial charge in [0.1, 0.15) is 0 Å². The number of halogens is 1. The fraction of sp³-hybridized carbons (Fsp3) is 0.800. The summed E-state index contributed by atoms with van der Waals surface area (Å²) in [5.74, 6) is 1.99. The van der Waals surface area contributed by atoms with Crippen LogP contribution in [0.15, 0.2) is 9.52 Å². The minimum atomic E-state index is 0. The Balaban J connectivity index is 0.00000264. The summed E-state index contributed by atoms with van der Waals surface area (Å²) < 4.78 is 5.06. The second-order valence-electron chi connectivity index (χ2n) is 5.82. The van der Waals surface area contributed by atoms with Gasteiger partial charge in [-0.05, 0) is 39.7 Å². The predicted octanol–water partition coefficient (Wildman–Crippen LogP) is 1.93. The van der Waals surface area contributed by atoms with E-state index in [-0.39, 0.29) is 24.0 Å². The van der Waals surface area contributed by atoms with E-state index in [1.165, 1.54) is 25.8 Å². The zero-order chi connectivity index (χ0) is 15.8. The van der Waals surface area contributed by atoms with Gasteiger partial charge in [0.15, 0.2) is 11.8 Å². The molecule has 2 N–H and O–H groups in total. The summed E-state index contributed by atoms with van der Waals surface area (Å²) >= 11 is 0. The molecule has 8 heteroatoms.